The minimum atomic E-state index is -4.31. The van der Waals surface area contributed by atoms with Crippen molar-refractivity contribution in [1.82, 2.24) is 31.5 Å². The molecule has 0 spiro atoms. The van der Waals surface area contributed by atoms with Crippen molar-refractivity contribution in [2.75, 3.05) is 32.5 Å². The fourth-order valence-corrected chi connectivity index (χ4v) is 10.3. The normalized spacial score (nSPS) is 21.7. The van der Waals surface area contributed by atoms with Crippen LogP contribution in [-0.4, -0.2) is 151 Å². The molecule has 86 heavy (non-hydrogen) atoms. The van der Waals surface area contributed by atoms with Crippen molar-refractivity contribution < 1.29 is 80.2 Å². The maximum absolute atomic E-state index is 14.2. The van der Waals surface area contributed by atoms with Crippen LogP contribution in [-0.2, 0) is 80.4 Å². The molecule has 2 aliphatic rings. The van der Waals surface area contributed by atoms with Crippen molar-refractivity contribution >= 4 is 80.7 Å². The van der Waals surface area contributed by atoms with Gasteiger partial charge >= 0.3 is 11.9 Å². The molecular formula is C61H87ClN6O17S. The van der Waals surface area contributed by atoms with E-state index >= 15 is 0 Å². The van der Waals surface area contributed by atoms with Crippen LogP contribution in [0.15, 0.2) is 54.6 Å². The van der Waals surface area contributed by atoms with E-state index in [-0.39, 0.29) is 94.6 Å². The van der Waals surface area contributed by atoms with Gasteiger partial charge in [0.1, 0.15) is 35.8 Å². The number of cyclic esters (lactones) is 1. The number of esters is 1. The van der Waals surface area contributed by atoms with E-state index in [9.17, 15) is 61.5 Å². The third-order valence-corrected chi connectivity index (χ3v) is 16.5. The second-order valence-corrected chi connectivity index (χ2v) is 26.4. The van der Waals surface area contributed by atoms with E-state index < -0.39 is 129 Å². The van der Waals surface area contributed by atoms with E-state index in [1.54, 1.807) is 65.8 Å². The first-order chi connectivity index (χ1) is 40.1. The van der Waals surface area contributed by atoms with Gasteiger partial charge in [0, 0.05) is 82.5 Å². The highest BCUT2D eigenvalue weighted by Crippen LogP contribution is 2.45. The van der Waals surface area contributed by atoms with Gasteiger partial charge in [-0.25, -0.2) is 4.79 Å². The number of carboxylic acid groups (broad SMARTS) is 1. The molecule has 25 heteroatoms. The Labute approximate surface area is 509 Å². The number of hydrogen-bond acceptors (Lipinski definition) is 15. The topological polar surface area (TPSA) is 340 Å². The quantitative estimate of drug-likeness (QED) is 0.0327. The average molecular weight is 1240 g/mol. The number of hydrogen-bond donors (Lipinski definition) is 7. The zero-order chi connectivity index (χ0) is 64.4. The predicted octanol–water partition coefficient (Wildman–Crippen LogP) is 5.19. The van der Waals surface area contributed by atoms with Crippen LogP contribution in [0.2, 0.25) is 5.02 Å². The number of ketones is 2. The molecule has 0 aromatic heterocycles. The summed E-state index contributed by atoms with van der Waals surface area (Å²) in [6.45, 7) is 16.9. The number of carboxylic acids is 1. The van der Waals surface area contributed by atoms with Gasteiger partial charge in [0.05, 0.1) is 41.9 Å². The van der Waals surface area contributed by atoms with Gasteiger partial charge in [-0.15, -0.1) is 0 Å². The lowest BCUT2D eigenvalue weighted by molar-refractivity contribution is -0.157. The molecule has 0 radical (unpaired) electrons. The summed E-state index contributed by atoms with van der Waals surface area (Å²) in [6.07, 6.45) is 0.440. The Bertz CT molecular complexity index is 2910. The Morgan fingerprint density at radius 2 is 1.53 bits per heavy atom. The fourth-order valence-electron chi connectivity index (χ4n) is 9.63. The largest absolute Gasteiger partial charge is 0.495 e. The molecular weight excluding hydrogens is 1160 g/mol. The molecule has 0 aliphatic carbocycles. The number of carbonyl (C=O) groups is 10. The third-order valence-electron chi connectivity index (χ3n) is 15.5. The number of halogens is 1. The summed E-state index contributed by atoms with van der Waals surface area (Å²) in [7, 11) is -2.83. The summed E-state index contributed by atoms with van der Waals surface area (Å²) in [5, 5.41) is 23.2. The molecule has 2 heterocycles. The highest BCUT2D eigenvalue weighted by Gasteiger charge is 2.48. The lowest BCUT2D eigenvalue weighted by Gasteiger charge is -2.35. The van der Waals surface area contributed by atoms with E-state index in [0.717, 1.165) is 16.0 Å². The van der Waals surface area contributed by atoms with Crippen molar-refractivity contribution in [3.05, 3.63) is 76.3 Å². The van der Waals surface area contributed by atoms with Crippen molar-refractivity contribution in [2.45, 2.75) is 176 Å². The summed E-state index contributed by atoms with van der Waals surface area (Å²) in [5.74, 6) is -7.77. The molecule has 476 valence electrons. The van der Waals surface area contributed by atoms with E-state index in [4.69, 9.17) is 30.4 Å². The smallest absolute Gasteiger partial charge is 0.328 e. The number of ether oxygens (including phenoxy) is 3. The summed E-state index contributed by atoms with van der Waals surface area (Å²) >= 11 is 6.41. The Morgan fingerprint density at radius 3 is 2.14 bits per heavy atom. The molecule has 9 atom stereocenters. The summed E-state index contributed by atoms with van der Waals surface area (Å²) in [6, 6.07) is 8.75. The number of methoxy groups -OCH3 is 1. The van der Waals surface area contributed by atoms with Crippen molar-refractivity contribution in [1.29, 1.82) is 0 Å². The van der Waals surface area contributed by atoms with Crippen LogP contribution in [0, 0.1) is 28.6 Å². The average Bonchev–Trinajstić information content (AvgIpc) is 2.07. The minimum Gasteiger partial charge on any atom is -0.495 e. The molecule has 1 saturated heterocycles. The SMILES string of the molecule is COc1ccc(C[C@H]2NC(=O)/C=C/C[C@@H]([C@H](C)[C@H]3O[C@@H]3c3ccc(CCC(=O)[C@H](C)NC(=O)[C@@H](CC(=O)CCN(CCC(=O)O)C(=O)CCC(=O)NCCS(=O)(=O)O)C(C)C)cc3)OC(=O)[C@H](CC(C)(C)C)NC(=O)C(C)(C)[C@H](C)NC2=O)cc1Cl. The molecule has 1 fully saturated rings. The maximum Gasteiger partial charge on any atom is 0.328 e. The number of carbonyl (C=O) groups excluding carboxylic acids is 9. The van der Waals surface area contributed by atoms with Gasteiger partial charge in [-0.05, 0) is 86.8 Å². The van der Waals surface area contributed by atoms with Gasteiger partial charge < -0.3 is 50.8 Å². The molecule has 0 unspecified atom stereocenters. The lowest BCUT2D eigenvalue weighted by Crippen LogP contribution is -2.58. The second-order valence-electron chi connectivity index (χ2n) is 24.4. The van der Waals surface area contributed by atoms with Crippen molar-refractivity contribution in [3.63, 3.8) is 0 Å². The van der Waals surface area contributed by atoms with Gasteiger partial charge in [-0.2, -0.15) is 8.42 Å². The van der Waals surface area contributed by atoms with Crippen LogP contribution in [0.5, 0.6) is 5.75 Å². The molecule has 6 amide bonds. The molecule has 2 aromatic rings. The van der Waals surface area contributed by atoms with Crippen molar-refractivity contribution in [3.8, 4) is 5.75 Å². The zero-order valence-electron chi connectivity index (χ0n) is 51.1. The van der Waals surface area contributed by atoms with Crippen LogP contribution in [0.1, 0.15) is 143 Å². The Kier molecular flexibility index (Phi) is 26.9. The van der Waals surface area contributed by atoms with Gasteiger partial charge in [-0.1, -0.05) is 89.6 Å². The van der Waals surface area contributed by atoms with Gasteiger partial charge in [0.15, 0.2) is 5.78 Å². The number of nitrogens with one attached hydrogen (secondary N) is 5. The highest BCUT2D eigenvalue weighted by molar-refractivity contribution is 7.85. The second kappa shape index (κ2) is 32.3. The van der Waals surface area contributed by atoms with E-state index in [1.165, 1.54) is 13.2 Å². The number of Topliss-reactive ketones (excluding diaryl/α,β-unsaturated/α-hetero) is 2. The first-order valence-corrected chi connectivity index (χ1v) is 31.0. The Balaban J connectivity index is 1.39. The molecule has 2 aromatic carbocycles. The van der Waals surface area contributed by atoms with Crippen molar-refractivity contribution in [2.24, 2.45) is 28.6 Å². The first kappa shape index (κ1) is 71.7. The highest BCUT2D eigenvalue weighted by atomic mass is 35.5. The van der Waals surface area contributed by atoms with Gasteiger partial charge in [0.2, 0.25) is 35.4 Å². The number of rotatable bonds is 28. The van der Waals surface area contributed by atoms with Crippen LogP contribution >= 0.6 is 11.6 Å². The zero-order valence-corrected chi connectivity index (χ0v) is 52.7. The summed E-state index contributed by atoms with van der Waals surface area (Å²) < 4.78 is 48.5. The van der Waals surface area contributed by atoms with Gasteiger partial charge in [0.25, 0.3) is 10.1 Å². The van der Waals surface area contributed by atoms with Crippen LogP contribution in [0.4, 0.5) is 0 Å². The molecule has 2 aliphatic heterocycles. The molecule has 23 nitrogen and oxygen atoms in total. The molecule has 0 bridgehead atoms. The van der Waals surface area contributed by atoms with Crippen LogP contribution < -0.4 is 31.3 Å². The molecule has 4 rings (SSSR count). The number of nitrogens with zero attached hydrogens (tertiary/aromatic N) is 1. The molecule has 0 saturated carbocycles. The van der Waals surface area contributed by atoms with E-state index in [2.05, 4.69) is 26.6 Å². The first-order valence-electron chi connectivity index (χ1n) is 29.0. The summed E-state index contributed by atoms with van der Waals surface area (Å²) in [4.78, 5) is 134. The van der Waals surface area contributed by atoms with Crippen LogP contribution in [0.3, 0.4) is 0 Å². The van der Waals surface area contributed by atoms with Gasteiger partial charge in [-0.3, -0.25) is 47.7 Å². The fraction of sp³-hybridized carbons (Fsp3) is 0.607. The Hall–Kier alpha value is -6.76. The molecule has 7 N–H and O–H groups in total. The number of aliphatic carboxylic acids is 1. The number of epoxide rings is 1. The maximum atomic E-state index is 14.2. The standard InChI is InChI=1S/C61H87ClN6O17S/c1-35(2)43(33-42(69)25-28-68(29-26-53(74)75)52(73)24-23-50(71)63-27-30-86(80,81)82)56(76)64-37(4)47(70)21-17-39-15-19-41(20-16-39)55-54(85-55)36(3)48-13-12-14-51(72)66-45(32-40-18-22-49(83-11)44(62)31-40)57(77)65-38(5)61(9,10)59(79)67-46(58(78)84-48)34-60(6,7)8/h12,14-16,18-20,22,31,35-38,43,45-46,48,54-55H,13,17,21,23-30,32-34H2,1-11H3,(H,63,71)(H,64,76)(H,65,77)(H,66,72)(H,67,79)(H,74,75)(H,80,81,82)/b14-12+/t36-,37-,38-,43-,45+,46-,48-,54+,55+/m0/s1. The number of amides is 6. The predicted molar refractivity (Wildman–Crippen MR) is 319 cm³/mol. The number of benzene rings is 2. The minimum absolute atomic E-state index is 0.0627. The van der Waals surface area contributed by atoms with Crippen LogP contribution in [0.25, 0.3) is 0 Å². The summed E-state index contributed by atoms with van der Waals surface area (Å²) in [5.41, 5.74) is 0.637. The van der Waals surface area contributed by atoms with E-state index in [0.29, 0.717) is 22.8 Å². The van der Waals surface area contributed by atoms with E-state index in [1.807, 2.05) is 52.0 Å². The third kappa shape index (κ3) is 23.5. The lowest BCUT2D eigenvalue weighted by atomic mass is 9.82. The monoisotopic (exact) mass is 1240 g/mol. The Morgan fingerprint density at radius 1 is 0.884 bits per heavy atom. The number of aryl methyl sites for hydroxylation is 1.